The number of carbonyl (C=O) groups is 1. The molecule has 23 heavy (non-hydrogen) atoms. The van der Waals surface area contributed by atoms with Crippen LogP contribution in [-0.4, -0.2) is 51.7 Å². The molecule has 0 aliphatic carbocycles. The highest BCUT2D eigenvalue weighted by Gasteiger charge is 2.17. The first-order valence-corrected chi connectivity index (χ1v) is 9.98. The average molecular weight is 338 g/mol. The Labute approximate surface area is 139 Å². The number of hydrogen-bond acceptors (Lipinski definition) is 4. The Bertz CT molecular complexity index is 664. The van der Waals surface area contributed by atoms with Gasteiger partial charge in [-0.1, -0.05) is 13.0 Å². The van der Waals surface area contributed by atoms with Crippen LogP contribution in [0.1, 0.15) is 35.7 Å². The van der Waals surface area contributed by atoms with E-state index in [1.54, 1.807) is 6.07 Å². The summed E-state index contributed by atoms with van der Waals surface area (Å²) in [5.74, 6) is 0.164. The van der Waals surface area contributed by atoms with Gasteiger partial charge in [-0.05, 0) is 56.5 Å². The molecule has 128 valence electrons. The summed E-state index contributed by atoms with van der Waals surface area (Å²) in [5, 5.41) is 2.93. The van der Waals surface area contributed by atoms with Crippen LogP contribution in [-0.2, 0) is 9.84 Å². The van der Waals surface area contributed by atoms with E-state index in [-0.39, 0.29) is 10.8 Å². The van der Waals surface area contributed by atoms with Crippen molar-refractivity contribution in [3.8, 4) is 0 Å². The summed E-state index contributed by atoms with van der Waals surface area (Å²) in [6.45, 7) is 7.81. The lowest BCUT2D eigenvalue weighted by Gasteiger charge is -2.20. The number of aryl methyl sites for hydroxylation is 1. The molecule has 1 aromatic carbocycles. The molecular weight excluding hydrogens is 312 g/mol. The molecule has 1 saturated heterocycles. The molecule has 1 atom stereocenters. The second-order valence-electron chi connectivity index (χ2n) is 6.57. The van der Waals surface area contributed by atoms with Crippen molar-refractivity contribution < 1.29 is 13.2 Å². The predicted molar refractivity (Wildman–Crippen MR) is 91.5 cm³/mol. The smallest absolute Gasteiger partial charge is 0.251 e. The van der Waals surface area contributed by atoms with Gasteiger partial charge in [0.25, 0.3) is 5.91 Å². The highest BCUT2D eigenvalue weighted by atomic mass is 32.2. The van der Waals surface area contributed by atoms with Gasteiger partial charge < -0.3 is 10.2 Å². The van der Waals surface area contributed by atoms with Crippen molar-refractivity contribution in [1.82, 2.24) is 10.2 Å². The topological polar surface area (TPSA) is 66.5 Å². The second-order valence-corrected chi connectivity index (χ2v) is 8.59. The number of nitrogens with zero attached hydrogens (tertiary/aromatic N) is 1. The fourth-order valence-electron chi connectivity index (χ4n) is 2.91. The van der Waals surface area contributed by atoms with Gasteiger partial charge in [-0.2, -0.15) is 0 Å². The van der Waals surface area contributed by atoms with Crippen molar-refractivity contribution >= 4 is 15.7 Å². The molecule has 0 saturated carbocycles. The maximum Gasteiger partial charge on any atom is 0.251 e. The molecule has 0 bridgehead atoms. The quantitative estimate of drug-likeness (QED) is 0.860. The van der Waals surface area contributed by atoms with Crippen LogP contribution in [0.3, 0.4) is 0 Å². The summed E-state index contributed by atoms with van der Waals surface area (Å²) in [7, 11) is -3.31. The standard InChI is InChI=1S/C17H26N2O3S/c1-13(12-19-8-4-5-9-19)11-18-17(20)16-10-15(23(3,21)22)7-6-14(16)2/h6-7,10,13H,4-5,8-9,11-12H2,1-3H3,(H,18,20). The van der Waals surface area contributed by atoms with Gasteiger partial charge in [-0.15, -0.1) is 0 Å². The van der Waals surface area contributed by atoms with Crippen LogP contribution in [0.5, 0.6) is 0 Å². The zero-order chi connectivity index (χ0) is 17.0. The summed E-state index contributed by atoms with van der Waals surface area (Å²) < 4.78 is 23.3. The Hall–Kier alpha value is -1.40. The van der Waals surface area contributed by atoms with Gasteiger partial charge in [0.05, 0.1) is 4.90 Å². The van der Waals surface area contributed by atoms with Crippen molar-refractivity contribution in [2.75, 3.05) is 32.4 Å². The monoisotopic (exact) mass is 338 g/mol. The molecule has 5 nitrogen and oxygen atoms in total. The summed E-state index contributed by atoms with van der Waals surface area (Å²) >= 11 is 0. The minimum Gasteiger partial charge on any atom is -0.352 e. The molecule has 0 aromatic heterocycles. The van der Waals surface area contributed by atoms with E-state index in [2.05, 4.69) is 17.1 Å². The van der Waals surface area contributed by atoms with Crippen LogP contribution in [0.4, 0.5) is 0 Å². The molecule has 0 radical (unpaired) electrons. The number of sulfone groups is 1. The third-order valence-electron chi connectivity index (χ3n) is 4.26. The molecule has 1 aliphatic rings. The van der Waals surface area contributed by atoms with E-state index < -0.39 is 9.84 Å². The van der Waals surface area contributed by atoms with Crippen molar-refractivity contribution in [2.24, 2.45) is 5.92 Å². The highest BCUT2D eigenvalue weighted by molar-refractivity contribution is 7.90. The van der Waals surface area contributed by atoms with Crippen molar-refractivity contribution in [3.63, 3.8) is 0 Å². The maximum absolute atomic E-state index is 12.4. The number of carbonyl (C=O) groups excluding carboxylic acids is 1. The summed E-state index contributed by atoms with van der Waals surface area (Å²) in [5.41, 5.74) is 1.21. The Kier molecular flexibility index (Phi) is 5.81. The van der Waals surface area contributed by atoms with E-state index in [1.165, 1.54) is 25.0 Å². The van der Waals surface area contributed by atoms with E-state index in [0.717, 1.165) is 31.5 Å². The van der Waals surface area contributed by atoms with E-state index in [0.29, 0.717) is 18.0 Å². The average Bonchev–Trinajstić information content (AvgIpc) is 2.97. The molecule has 1 unspecified atom stereocenters. The summed E-state index contributed by atoms with van der Waals surface area (Å²) in [6.07, 6.45) is 3.67. The number of benzene rings is 1. The van der Waals surface area contributed by atoms with E-state index in [9.17, 15) is 13.2 Å². The van der Waals surface area contributed by atoms with Crippen LogP contribution >= 0.6 is 0 Å². The van der Waals surface area contributed by atoms with Crippen molar-refractivity contribution in [2.45, 2.75) is 31.6 Å². The van der Waals surface area contributed by atoms with Crippen LogP contribution in [0.15, 0.2) is 23.1 Å². The number of likely N-dealkylation sites (tertiary alicyclic amines) is 1. The van der Waals surface area contributed by atoms with E-state index in [1.807, 2.05) is 6.92 Å². The lowest BCUT2D eigenvalue weighted by atomic mass is 10.1. The number of hydrogen-bond donors (Lipinski definition) is 1. The molecule has 1 heterocycles. The minimum atomic E-state index is -3.31. The third kappa shape index (κ3) is 5.04. The molecule has 0 spiro atoms. The molecule has 1 amide bonds. The fraction of sp³-hybridized carbons (Fsp3) is 0.588. The Balaban J connectivity index is 1.97. The Morgan fingerprint density at radius 1 is 1.30 bits per heavy atom. The van der Waals surface area contributed by atoms with E-state index >= 15 is 0 Å². The summed E-state index contributed by atoms with van der Waals surface area (Å²) in [4.78, 5) is 15.0. The Morgan fingerprint density at radius 2 is 1.96 bits per heavy atom. The van der Waals surface area contributed by atoms with Gasteiger partial charge in [0.15, 0.2) is 9.84 Å². The number of nitrogens with one attached hydrogen (secondary N) is 1. The SMILES string of the molecule is Cc1ccc(S(C)(=O)=O)cc1C(=O)NCC(C)CN1CCCC1. The molecule has 6 heteroatoms. The van der Waals surface area contributed by atoms with E-state index in [4.69, 9.17) is 0 Å². The lowest BCUT2D eigenvalue weighted by Crippen LogP contribution is -2.34. The van der Waals surface area contributed by atoms with Gasteiger partial charge in [0.2, 0.25) is 0 Å². The van der Waals surface area contributed by atoms with Gasteiger partial charge >= 0.3 is 0 Å². The van der Waals surface area contributed by atoms with Gasteiger partial charge in [-0.3, -0.25) is 4.79 Å². The first-order chi connectivity index (χ1) is 10.8. The zero-order valence-electron chi connectivity index (χ0n) is 14.1. The molecule has 2 rings (SSSR count). The van der Waals surface area contributed by atoms with Crippen LogP contribution in [0.2, 0.25) is 0 Å². The molecule has 1 fully saturated rings. The number of amides is 1. The van der Waals surface area contributed by atoms with Gasteiger partial charge in [0, 0.05) is 24.9 Å². The predicted octanol–water partition coefficient (Wildman–Crippen LogP) is 1.86. The van der Waals surface area contributed by atoms with Crippen molar-refractivity contribution in [1.29, 1.82) is 0 Å². The highest BCUT2D eigenvalue weighted by Crippen LogP contribution is 2.16. The molecule has 1 aromatic rings. The zero-order valence-corrected chi connectivity index (χ0v) is 14.9. The van der Waals surface area contributed by atoms with Gasteiger partial charge in [-0.25, -0.2) is 8.42 Å². The first-order valence-electron chi connectivity index (χ1n) is 8.08. The largest absolute Gasteiger partial charge is 0.352 e. The van der Waals surface area contributed by atoms with Crippen LogP contribution in [0.25, 0.3) is 0 Å². The second kappa shape index (κ2) is 7.45. The molecule has 1 N–H and O–H groups in total. The van der Waals surface area contributed by atoms with Gasteiger partial charge in [0.1, 0.15) is 0 Å². The first kappa shape index (κ1) is 17.9. The van der Waals surface area contributed by atoms with Crippen LogP contribution in [0, 0.1) is 12.8 Å². The lowest BCUT2D eigenvalue weighted by molar-refractivity contribution is 0.0944. The van der Waals surface area contributed by atoms with Crippen LogP contribution < -0.4 is 5.32 Å². The normalized spacial score (nSPS) is 17.2. The molecular formula is C17H26N2O3S. The third-order valence-corrected chi connectivity index (χ3v) is 5.37. The summed E-state index contributed by atoms with van der Waals surface area (Å²) in [6, 6.07) is 4.68. The minimum absolute atomic E-state index is 0.179. The Morgan fingerprint density at radius 3 is 2.57 bits per heavy atom. The number of rotatable bonds is 6. The van der Waals surface area contributed by atoms with Crippen molar-refractivity contribution in [3.05, 3.63) is 29.3 Å². The maximum atomic E-state index is 12.4. The molecule has 1 aliphatic heterocycles. The fourth-order valence-corrected chi connectivity index (χ4v) is 3.56.